The Kier molecular flexibility index (Phi) is 6.39. The second kappa shape index (κ2) is 11.0. The van der Waals surface area contributed by atoms with Crippen molar-refractivity contribution < 1.29 is 4.39 Å². The van der Waals surface area contributed by atoms with Gasteiger partial charge in [0, 0.05) is 21.7 Å². The number of halogens is 1. The Morgan fingerprint density at radius 3 is 1.57 bits per heavy atom. The zero-order chi connectivity index (χ0) is 31.3. The summed E-state index contributed by atoms with van der Waals surface area (Å²) in [6.45, 7) is 0. The Labute approximate surface area is 272 Å². The summed E-state index contributed by atoms with van der Waals surface area (Å²) in [5.41, 5.74) is 9.89. The first-order valence-electron chi connectivity index (χ1n) is 15.9. The van der Waals surface area contributed by atoms with Crippen molar-refractivity contribution in [3.8, 4) is 44.6 Å². The molecule has 1 aromatic heterocycles. The summed E-state index contributed by atoms with van der Waals surface area (Å²) in [5, 5.41) is 8.22. The predicted octanol–water partition coefficient (Wildman–Crippen LogP) is 12.5. The Morgan fingerprint density at radius 2 is 0.851 bits per heavy atom. The number of aromatic nitrogens is 1. The van der Waals surface area contributed by atoms with Gasteiger partial charge in [0.25, 0.3) is 0 Å². The molecule has 8 aromatic carbocycles. The molecule has 1 heterocycles. The molecule has 9 rings (SSSR count). The van der Waals surface area contributed by atoms with Crippen LogP contribution >= 0.6 is 0 Å². The van der Waals surface area contributed by atoms with Crippen LogP contribution in [0.4, 0.5) is 4.39 Å². The van der Waals surface area contributed by atoms with Gasteiger partial charge in [0.05, 0.1) is 11.2 Å². The molecule has 0 radical (unpaired) electrons. The molecule has 220 valence electrons. The van der Waals surface area contributed by atoms with E-state index in [0.29, 0.717) is 0 Å². The minimum Gasteiger partial charge on any atom is -0.247 e. The van der Waals surface area contributed by atoms with Crippen molar-refractivity contribution in [2.75, 3.05) is 0 Å². The van der Waals surface area contributed by atoms with Crippen molar-refractivity contribution in [1.82, 2.24) is 4.98 Å². The zero-order valence-electron chi connectivity index (χ0n) is 25.5. The van der Waals surface area contributed by atoms with Crippen LogP contribution < -0.4 is 0 Å². The highest BCUT2D eigenvalue weighted by Crippen LogP contribution is 2.40. The molecule has 2 heteroatoms. The fraction of sp³-hybridized carbons (Fsp3) is 0. The Bertz CT molecular complexity index is 2600. The van der Waals surface area contributed by atoms with Crippen molar-refractivity contribution in [3.63, 3.8) is 0 Å². The van der Waals surface area contributed by atoms with E-state index in [-0.39, 0.29) is 5.82 Å². The van der Waals surface area contributed by atoms with Gasteiger partial charge in [0.15, 0.2) is 0 Å². The molecule has 1 nitrogen and oxygen atoms in total. The summed E-state index contributed by atoms with van der Waals surface area (Å²) in [5.74, 6) is -0.252. The number of para-hydroxylation sites is 1. The van der Waals surface area contributed by atoms with Crippen molar-refractivity contribution in [2.24, 2.45) is 0 Å². The Balaban J connectivity index is 1.12. The van der Waals surface area contributed by atoms with Gasteiger partial charge in [-0.3, -0.25) is 0 Å². The third-order valence-corrected chi connectivity index (χ3v) is 9.35. The van der Waals surface area contributed by atoms with Crippen LogP contribution in [0.2, 0.25) is 0 Å². The van der Waals surface area contributed by atoms with E-state index in [9.17, 15) is 4.39 Å². The van der Waals surface area contributed by atoms with E-state index in [2.05, 4.69) is 140 Å². The maximum Gasteiger partial charge on any atom is 0.123 e. The van der Waals surface area contributed by atoms with Crippen LogP contribution in [0.25, 0.3) is 87.9 Å². The largest absolute Gasteiger partial charge is 0.247 e. The van der Waals surface area contributed by atoms with Gasteiger partial charge in [0.1, 0.15) is 5.82 Å². The summed E-state index contributed by atoms with van der Waals surface area (Å²) in [6, 6.07) is 58.6. The van der Waals surface area contributed by atoms with E-state index < -0.39 is 0 Å². The van der Waals surface area contributed by atoms with Crippen molar-refractivity contribution >= 4 is 43.2 Å². The lowest BCUT2D eigenvalue weighted by molar-refractivity contribution is 0.628. The molecular formula is C45H28FN. The summed E-state index contributed by atoms with van der Waals surface area (Å²) >= 11 is 0. The van der Waals surface area contributed by atoms with Crippen LogP contribution in [0.5, 0.6) is 0 Å². The molecule has 0 amide bonds. The molecule has 0 atom stereocenters. The van der Waals surface area contributed by atoms with Crippen LogP contribution in [0.3, 0.4) is 0 Å². The van der Waals surface area contributed by atoms with E-state index in [0.717, 1.165) is 32.9 Å². The lowest BCUT2D eigenvalue weighted by atomic mass is 9.91. The molecule has 9 aromatic rings. The predicted molar refractivity (Wildman–Crippen MR) is 196 cm³/mol. The van der Waals surface area contributed by atoms with Crippen molar-refractivity contribution in [3.05, 3.63) is 176 Å². The number of rotatable bonds is 4. The highest BCUT2D eigenvalue weighted by molar-refractivity contribution is 6.24. The molecule has 0 saturated carbocycles. The van der Waals surface area contributed by atoms with Gasteiger partial charge >= 0.3 is 0 Å². The molecular weight excluding hydrogens is 574 g/mol. The van der Waals surface area contributed by atoms with Gasteiger partial charge in [-0.2, -0.15) is 0 Å². The van der Waals surface area contributed by atoms with Crippen LogP contribution in [0.1, 0.15) is 0 Å². The maximum absolute atomic E-state index is 13.8. The van der Waals surface area contributed by atoms with E-state index in [4.69, 9.17) is 4.98 Å². The quantitative estimate of drug-likeness (QED) is 0.183. The average Bonchev–Trinajstić information content (AvgIpc) is 3.14. The van der Waals surface area contributed by atoms with Crippen LogP contribution in [0.15, 0.2) is 170 Å². The topological polar surface area (TPSA) is 12.9 Å². The second-order valence-corrected chi connectivity index (χ2v) is 12.1. The van der Waals surface area contributed by atoms with Crippen LogP contribution in [-0.4, -0.2) is 4.98 Å². The minimum atomic E-state index is -0.252. The summed E-state index contributed by atoms with van der Waals surface area (Å²) in [6.07, 6.45) is 0. The van der Waals surface area contributed by atoms with E-state index >= 15 is 0 Å². The first-order valence-corrected chi connectivity index (χ1v) is 15.9. The first-order chi connectivity index (χ1) is 23.2. The van der Waals surface area contributed by atoms with E-state index in [1.165, 1.54) is 67.1 Å². The monoisotopic (exact) mass is 601 g/mol. The smallest absolute Gasteiger partial charge is 0.123 e. The van der Waals surface area contributed by atoms with Crippen molar-refractivity contribution in [2.45, 2.75) is 0 Å². The fourth-order valence-electron chi connectivity index (χ4n) is 7.05. The number of hydrogen-bond donors (Lipinski definition) is 0. The van der Waals surface area contributed by atoms with Crippen LogP contribution in [0, 0.1) is 5.82 Å². The number of pyridine rings is 1. The molecule has 0 saturated heterocycles. The minimum absolute atomic E-state index is 0.252. The Morgan fingerprint density at radius 1 is 0.340 bits per heavy atom. The van der Waals surface area contributed by atoms with Crippen LogP contribution in [-0.2, 0) is 0 Å². The zero-order valence-corrected chi connectivity index (χ0v) is 25.5. The average molecular weight is 602 g/mol. The molecule has 0 unspecified atom stereocenters. The highest BCUT2D eigenvalue weighted by atomic mass is 19.1. The molecule has 0 aliphatic carbocycles. The molecule has 0 bridgehead atoms. The van der Waals surface area contributed by atoms with E-state index in [1.54, 1.807) is 0 Å². The number of benzene rings is 8. The van der Waals surface area contributed by atoms with Gasteiger partial charge in [-0.1, -0.05) is 140 Å². The van der Waals surface area contributed by atoms with Gasteiger partial charge in [0.2, 0.25) is 0 Å². The first kappa shape index (κ1) is 27.2. The normalized spacial score (nSPS) is 11.5. The lowest BCUT2D eigenvalue weighted by Gasteiger charge is -2.15. The SMILES string of the molecule is Fc1ccc(-c2nc3ccccc3c3c2ccc2c(-c4ccc(-c5ccc(-c6cccc7ccccc67)cc5)cc4)cccc23)cc1. The third kappa shape index (κ3) is 4.65. The fourth-order valence-corrected chi connectivity index (χ4v) is 7.05. The standard InChI is InChI=1S/C45H28FN/c46-35-25-23-34(24-26-35)45-42-28-27-39-38(12-6-13-40(39)44(42)41-10-3-4-14-43(41)47-45)33-21-17-30(18-22-33)29-15-19-32(20-16-29)37-11-5-8-31-7-1-2-9-36(31)37/h1-28H. The van der Waals surface area contributed by atoms with Crippen molar-refractivity contribution in [1.29, 1.82) is 0 Å². The Hall–Kier alpha value is -6.12. The lowest BCUT2D eigenvalue weighted by Crippen LogP contribution is -1.92. The summed E-state index contributed by atoms with van der Waals surface area (Å²) < 4.78 is 13.8. The summed E-state index contributed by atoms with van der Waals surface area (Å²) in [4.78, 5) is 5.04. The molecule has 0 aliphatic rings. The van der Waals surface area contributed by atoms with E-state index in [1.807, 2.05) is 18.2 Å². The number of fused-ring (bicyclic) bond motifs is 6. The summed E-state index contributed by atoms with van der Waals surface area (Å²) in [7, 11) is 0. The molecule has 0 fully saturated rings. The van der Waals surface area contributed by atoms with Gasteiger partial charge < -0.3 is 0 Å². The van der Waals surface area contributed by atoms with Gasteiger partial charge in [-0.05, 0) is 85.3 Å². The number of hydrogen-bond acceptors (Lipinski definition) is 1. The second-order valence-electron chi connectivity index (χ2n) is 12.1. The maximum atomic E-state index is 13.8. The van der Waals surface area contributed by atoms with Gasteiger partial charge in [-0.25, -0.2) is 9.37 Å². The van der Waals surface area contributed by atoms with Gasteiger partial charge in [-0.15, -0.1) is 0 Å². The molecule has 47 heavy (non-hydrogen) atoms. The molecule has 0 spiro atoms. The third-order valence-electron chi connectivity index (χ3n) is 9.35. The molecule has 0 aliphatic heterocycles. The molecule has 0 N–H and O–H groups in total. The highest BCUT2D eigenvalue weighted by Gasteiger charge is 2.15. The number of nitrogens with zero attached hydrogens (tertiary/aromatic N) is 1.